The molecule has 168 valence electrons. The van der Waals surface area contributed by atoms with Crippen LogP contribution in [0, 0.1) is 0 Å². The molecule has 1 fully saturated rings. The Kier molecular flexibility index (Phi) is 8.13. The lowest BCUT2D eigenvalue weighted by molar-refractivity contribution is -0.145. The zero-order valence-corrected chi connectivity index (χ0v) is 18.7. The second-order valence-corrected chi connectivity index (χ2v) is 9.48. The quantitative estimate of drug-likeness (QED) is 0.514. The number of morpholine rings is 1. The zero-order valence-electron chi connectivity index (χ0n) is 17.1. The highest BCUT2D eigenvalue weighted by Gasteiger charge is 2.26. The molecular weight excluding hydrogens is 444 g/mol. The van der Waals surface area contributed by atoms with Crippen molar-refractivity contribution in [3.8, 4) is 0 Å². The van der Waals surface area contributed by atoms with E-state index >= 15 is 0 Å². The SMILES string of the molecule is CCOC(=O)c1nc(COC(=O)CCc2ccc(S(=O)(=O)N3CCOCC3)cc2)cs1. The standard InChI is InChI=1S/C20H24N2O7S2/c1-2-28-20(24)19-21-16(14-30-19)13-29-18(23)8-5-15-3-6-17(7-4-15)31(25,26)22-9-11-27-12-10-22/h3-4,6-7,14H,2,5,8-13H2,1H3. The van der Waals surface area contributed by atoms with Crippen LogP contribution < -0.4 is 0 Å². The van der Waals surface area contributed by atoms with Crippen molar-refractivity contribution in [3.05, 3.63) is 45.9 Å². The average Bonchev–Trinajstić information content (AvgIpc) is 3.27. The molecule has 0 atom stereocenters. The molecule has 0 radical (unpaired) electrons. The first-order chi connectivity index (χ1) is 14.9. The van der Waals surface area contributed by atoms with Crippen LogP contribution in [0.15, 0.2) is 34.5 Å². The molecule has 0 saturated carbocycles. The number of aryl methyl sites for hydroxylation is 1. The Bertz CT molecular complexity index is 997. The Hall–Kier alpha value is -2.34. The Morgan fingerprint density at radius 2 is 1.87 bits per heavy atom. The van der Waals surface area contributed by atoms with E-state index in [4.69, 9.17) is 14.2 Å². The molecule has 1 aliphatic heterocycles. The van der Waals surface area contributed by atoms with Crippen LogP contribution in [0.25, 0.3) is 0 Å². The first-order valence-electron chi connectivity index (χ1n) is 9.84. The van der Waals surface area contributed by atoms with E-state index in [1.807, 2.05) is 0 Å². The lowest BCUT2D eigenvalue weighted by Gasteiger charge is -2.26. The minimum atomic E-state index is -3.53. The van der Waals surface area contributed by atoms with Crippen molar-refractivity contribution >= 4 is 33.3 Å². The number of thiazole rings is 1. The predicted molar refractivity (Wildman–Crippen MR) is 112 cm³/mol. The lowest BCUT2D eigenvalue weighted by Crippen LogP contribution is -2.40. The predicted octanol–water partition coefficient (Wildman–Crippen LogP) is 2.02. The number of carbonyl (C=O) groups is 2. The van der Waals surface area contributed by atoms with Crippen molar-refractivity contribution in [3.63, 3.8) is 0 Å². The third kappa shape index (κ3) is 6.33. The summed E-state index contributed by atoms with van der Waals surface area (Å²) in [7, 11) is -3.53. The number of benzene rings is 1. The highest BCUT2D eigenvalue weighted by Crippen LogP contribution is 2.18. The van der Waals surface area contributed by atoms with E-state index in [1.165, 1.54) is 4.31 Å². The fourth-order valence-electron chi connectivity index (χ4n) is 2.90. The Labute approximate surface area is 185 Å². The normalized spacial score (nSPS) is 14.9. The van der Waals surface area contributed by atoms with Gasteiger partial charge >= 0.3 is 11.9 Å². The molecule has 1 aliphatic rings. The minimum absolute atomic E-state index is 0.0224. The van der Waals surface area contributed by atoms with Crippen molar-refractivity contribution in [1.82, 2.24) is 9.29 Å². The van der Waals surface area contributed by atoms with Gasteiger partial charge in [0, 0.05) is 24.9 Å². The van der Waals surface area contributed by atoms with Gasteiger partial charge in [0.1, 0.15) is 6.61 Å². The van der Waals surface area contributed by atoms with E-state index in [-0.39, 0.29) is 29.5 Å². The van der Waals surface area contributed by atoms with Crippen LogP contribution in [-0.2, 0) is 42.1 Å². The molecule has 3 rings (SSSR count). The van der Waals surface area contributed by atoms with Crippen LogP contribution >= 0.6 is 11.3 Å². The molecule has 1 aromatic carbocycles. The van der Waals surface area contributed by atoms with Crippen molar-refractivity contribution in [1.29, 1.82) is 0 Å². The van der Waals surface area contributed by atoms with Crippen LogP contribution in [0.3, 0.4) is 0 Å². The molecule has 0 aliphatic carbocycles. The fraction of sp³-hybridized carbons (Fsp3) is 0.450. The molecule has 0 bridgehead atoms. The molecule has 2 heterocycles. The summed E-state index contributed by atoms with van der Waals surface area (Å²) in [5, 5.41) is 1.87. The third-order valence-electron chi connectivity index (χ3n) is 4.53. The van der Waals surface area contributed by atoms with Gasteiger partial charge in [0.15, 0.2) is 0 Å². The highest BCUT2D eigenvalue weighted by molar-refractivity contribution is 7.89. The molecular formula is C20H24N2O7S2. The van der Waals surface area contributed by atoms with Gasteiger partial charge in [-0.1, -0.05) is 12.1 Å². The number of hydrogen-bond donors (Lipinski definition) is 0. The number of carbonyl (C=O) groups excluding carboxylic acids is 2. The molecule has 11 heteroatoms. The van der Waals surface area contributed by atoms with Gasteiger partial charge in [0.05, 0.1) is 30.4 Å². The maximum absolute atomic E-state index is 12.6. The van der Waals surface area contributed by atoms with Crippen molar-refractivity contribution in [2.45, 2.75) is 31.3 Å². The Morgan fingerprint density at radius 1 is 1.16 bits per heavy atom. The molecule has 0 spiro atoms. The maximum atomic E-state index is 12.6. The summed E-state index contributed by atoms with van der Waals surface area (Å²) in [4.78, 5) is 27.9. The number of hydrogen-bond acceptors (Lipinski definition) is 9. The molecule has 1 saturated heterocycles. The summed E-state index contributed by atoms with van der Waals surface area (Å²) in [5.41, 5.74) is 1.32. The molecule has 0 amide bonds. The van der Waals surface area contributed by atoms with E-state index in [0.29, 0.717) is 38.4 Å². The number of esters is 2. The van der Waals surface area contributed by atoms with Gasteiger partial charge in [-0.05, 0) is 31.0 Å². The third-order valence-corrected chi connectivity index (χ3v) is 7.32. The Morgan fingerprint density at radius 3 is 2.55 bits per heavy atom. The van der Waals surface area contributed by atoms with Crippen LogP contribution in [0.5, 0.6) is 0 Å². The van der Waals surface area contributed by atoms with Crippen LogP contribution in [0.1, 0.15) is 34.4 Å². The zero-order chi connectivity index (χ0) is 22.3. The van der Waals surface area contributed by atoms with Gasteiger partial charge in [-0.3, -0.25) is 4.79 Å². The van der Waals surface area contributed by atoms with E-state index in [9.17, 15) is 18.0 Å². The van der Waals surface area contributed by atoms with Gasteiger partial charge < -0.3 is 14.2 Å². The Balaban J connectivity index is 1.46. The first kappa shape index (κ1) is 23.3. The average molecular weight is 469 g/mol. The van der Waals surface area contributed by atoms with Crippen LogP contribution in [0.4, 0.5) is 0 Å². The smallest absolute Gasteiger partial charge is 0.367 e. The van der Waals surface area contributed by atoms with Crippen LogP contribution in [0.2, 0.25) is 0 Å². The van der Waals surface area contributed by atoms with E-state index in [2.05, 4.69) is 4.98 Å². The van der Waals surface area contributed by atoms with Gasteiger partial charge in [0.25, 0.3) is 0 Å². The molecule has 2 aromatic rings. The molecule has 0 N–H and O–H groups in total. The first-order valence-corrected chi connectivity index (χ1v) is 12.2. The maximum Gasteiger partial charge on any atom is 0.367 e. The summed E-state index contributed by atoms with van der Waals surface area (Å²) in [6, 6.07) is 6.51. The largest absolute Gasteiger partial charge is 0.461 e. The fourth-order valence-corrected chi connectivity index (χ4v) is 5.00. The summed E-state index contributed by atoms with van der Waals surface area (Å²) >= 11 is 1.14. The summed E-state index contributed by atoms with van der Waals surface area (Å²) in [6.45, 7) is 3.43. The van der Waals surface area contributed by atoms with Crippen molar-refractivity contribution in [2.75, 3.05) is 32.9 Å². The van der Waals surface area contributed by atoms with Gasteiger partial charge in [-0.15, -0.1) is 11.3 Å². The molecule has 1 aromatic heterocycles. The second-order valence-electron chi connectivity index (χ2n) is 6.69. The molecule has 0 unspecified atom stereocenters. The van der Waals surface area contributed by atoms with Crippen molar-refractivity contribution in [2.24, 2.45) is 0 Å². The van der Waals surface area contributed by atoms with Gasteiger partial charge in [0.2, 0.25) is 15.0 Å². The number of sulfonamides is 1. The van der Waals surface area contributed by atoms with E-state index in [1.54, 1.807) is 36.6 Å². The molecule has 31 heavy (non-hydrogen) atoms. The number of ether oxygens (including phenoxy) is 3. The van der Waals surface area contributed by atoms with E-state index in [0.717, 1.165) is 16.9 Å². The minimum Gasteiger partial charge on any atom is -0.461 e. The van der Waals surface area contributed by atoms with E-state index < -0.39 is 22.0 Å². The molecule has 9 nitrogen and oxygen atoms in total. The summed E-state index contributed by atoms with van der Waals surface area (Å²) in [5.74, 6) is -0.903. The summed E-state index contributed by atoms with van der Waals surface area (Å²) in [6.07, 6.45) is 0.562. The lowest BCUT2D eigenvalue weighted by atomic mass is 10.1. The van der Waals surface area contributed by atoms with Gasteiger partial charge in [-0.25, -0.2) is 18.2 Å². The van der Waals surface area contributed by atoms with Crippen LogP contribution in [-0.4, -0.2) is 62.6 Å². The monoisotopic (exact) mass is 468 g/mol. The number of aromatic nitrogens is 1. The number of nitrogens with zero attached hydrogens (tertiary/aromatic N) is 2. The summed E-state index contributed by atoms with van der Waals surface area (Å²) < 4.78 is 41.9. The highest BCUT2D eigenvalue weighted by atomic mass is 32.2. The topological polar surface area (TPSA) is 112 Å². The van der Waals surface area contributed by atoms with Crippen molar-refractivity contribution < 1.29 is 32.2 Å². The van der Waals surface area contributed by atoms with Gasteiger partial charge in [-0.2, -0.15) is 4.31 Å². The number of rotatable bonds is 9. The second kappa shape index (κ2) is 10.8.